The maximum Gasteiger partial charge on any atom is 0.251 e. The second kappa shape index (κ2) is 9.01. The number of halogens is 1. The highest BCUT2D eigenvalue weighted by Gasteiger charge is 2.34. The summed E-state index contributed by atoms with van der Waals surface area (Å²) in [6.07, 6.45) is 3.79. The van der Waals surface area contributed by atoms with Crippen LogP contribution in [0.4, 0.5) is 5.69 Å². The first-order valence-corrected chi connectivity index (χ1v) is 8.88. The van der Waals surface area contributed by atoms with Crippen molar-refractivity contribution in [3.05, 3.63) is 47.3 Å². The van der Waals surface area contributed by atoms with Crippen LogP contribution in [-0.4, -0.2) is 41.2 Å². The van der Waals surface area contributed by atoms with E-state index in [4.69, 9.17) is 0 Å². The van der Waals surface area contributed by atoms with E-state index in [1.54, 1.807) is 22.9 Å². The first kappa shape index (κ1) is 20.9. The van der Waals surface area contributed by atoms with Crippen molar-refractivity contribution >= 4 is 29.9 Å². The van der Waals surface area contributed by atoms with Crippen LogP contribution in [0.15, 0.2) is 30.6 Å². The smallest absolute Gasteiger partial charge is 0.251 e. The molecule has 2 atom stereocenters. The summed E-state index contributed by atoms with van der Waals surface area (Å²) >= 11 is 0. The number of hydrogen-bond acceptors (Lipinski definition) is 4. The zero-order chi connectivity index (χ0) is 18.7. The van der Waals surface area contributed by atoms with Gasteiger partial charge in [-0.25, -0.2) is 0 Å². The van der Waals surface area contributed by atoms with Crippen molar-refractivity contribution in [1.82, 2.24) is 20.4 Å². The minimum absolute atomic E-state index is 0. The Morgan fingerprint density at radius 1 is 1.33 bits per heavy atom. The fraction of sp³-hybridized carbons (Fsp3) is 0.421. The van der Waals surface area contributed by atoms with Gasteiger partial charge in [-0.1, -0.05) is 0 Å². The van der Waals surface area contributed by atoms with E-state index in [1.165, 1.54) is 0 Å². The van der Waals surface area contributed by atoms with E-state index in [0.717, 1.165) is 23.4 Å². The normalized spacial score (nSPS) is 18.6. The molecule has 1 aliphatic heterocycles. The Hall–Kier alpha value is -2.38. The number of rotatable bonds is 5. The lowest BCUT2D eigenvalue weighted by molar-refractivity contribution is -0.119. The molecule has 3 rings (SSSR count). The molecule has 2 aromatic rings. The van der Waals surface area contributed by atoms with Gasteiger partial charge in [0, 0.05) is 50.0 Å². The van der Waals surface area contributed by atoms with Crippen LogP contribution in [0.25, 0.3) is 0 Å². The van der Waals surface area contributed by atoms with Crippen molar-refractivity contribution in [1.29, 1.82) is 0 Å². The van der Waals surface area contributed by atoms with Crippen LogP contribution in [-0.2, 0) is 11.8 Å². The molecule has 0 unspecified atom stereocenters. The third kappa shape index (κ3) is 4.67. The molecule has 2 amide bonds. The number of anilines is 1. The zero-order valence-corrected chi connectivity index (χ0v) is 16.6. The fourth-order valence-corrected chi connectivity index (χ4v) is 3.37. The molecule has 2 heterocycles. The monoisotopic (exact) mass is 391 g/mol. The number of nitrogens with one attached hydrogen (secondary N) is 3. The van der Waals surface area contributed by atoms with Crippen LogP contribution in [0, 0.1) is 12.8 Å². The van der Waals surface area contributed by atoms with Crippen molar-refractivity contribution in [3.63, 3.8) is 0 Å². The summed E-state index contributed by atoms with van der Waals surface area (Å²) in [7, 11) is 1.88. The van der Waals surface area contributed by atoms with E-state index in [9.17, 15) is 9.59 Å². The van der Waals surface area contributed by atoms with Gasteiger partial charge in [-0.3, -0.25) is 14.3 Å². The van der Waals surface area contributed by atoms with Crippen LogP contribution >= 0.6 is 12.4 Å². The molecular weight excluding hydrogens is 366 g/mol. The quantitative estimate of drug-likeness (QED) is 0.725. The highest BCUT2D eigenvalue weighted by Crippen LogP contribution is 2.29. The summed E-state index contributed by atoms with van der Waals surface area (Å²) in [4.78, 5) is 24.7. The summed E-state index contributed by atoms with van der Waals surface area (Å²) in [5.41, 5.74) is 3.27. The van der Waals surface area contributed by atoms with E-state index < -0.39 is 0 Å². The third-order valence-electron chi connectivity index (χ3n) is 4.79. The van der Waals surface area contributed by atoms with E-state index in [2.05, 4.69) is 21.0 Å². The van der Waals surface area contributed by atoms with Crippen molar-refractivity contribution < 1.29 is 9.59 Å². The molecule has 1 saturated heterocycles. The highest BCUT2D eigenvalue weighted by molar-refractivity contribution is 5.97. The Morgan fingerprint density at radius 2 is 2.11 bits per heavy atom. The van der Waals surface area contributed by atoms with E-state index in [0.29, 0.717) is 18.7 Å². The highest BCUT2D eigenvalue weighted by atomic mass is 35.5. The standard InChI is InChI=1S/C19H25N5O2.ClH/c1-4-21-18(25)13-5-6-17(12(2)7-13)23-19(26)16-10-20-9-15(16)14-8-22-24(3)11-14;/h5-8,11,15-16,20H,4,9-10H2,1-3H3,(H,21,25)(H,23,26);1H/t15-,16+;/m1./s1. The fourth-order valence-electron chi connectivity index (χ4n) is 3.37. The van der Waals surface area contributed by atoms with Gasteiger partial charge in [0.2, 0.25) is 5.91 Å². The molecule has 1 aromatic carbocycles. The summed E-state index contributed by atoms with van der Waals surface area (Å²) < 4.78 is 1.76. The number of benzene rings is 1. The molecular formula is C19H26ClN5O2. The topological polar surface area (TPSA) is 88.1 Å². The summed E-state index contributed by atoms with van der Waals surface area (Å²) in [6, 6.07) is 5.32. The van der Waals surface area contributed by atoms with Gasteiger partial charge in [0.05, 0.1) is 12.1 Å². The minimum Gasteiger partial charge on any atom is -0.352 e. The average molecular weight is 392 g/mol. The molecule has 146 valence electrons. The molecule has 0 radical (unpaired) electrons. The SMILES string of the molecule is CCNC(=O)c1ccc(NC(=O)[C@H]2CNC[C@@H]2c2cnn(C)c2)c(C)c1.Cl. The van der Waals surface area contributed by atoms with Gasteiger partial charge in [0.15, 0.2) is 0 Å². The van der Waals surface area contributed by atoms with E-state index in [1.807, 2.05) is 33.3 Å². The first-order valence-electron chi connectivity index (χ1n) is 8.88. The molecule has 0 saturated carbocycles. The number of nitrogens with zero attached hydrogens (tertiary/aromatic N) is 2. The van der Waals surface area contributed by atoms with Crippen LogP contribution in [0.1, 0.15) is 34.3 Å². The van der Waals surface area contributed by atoms with E-state index in [-0.39, 0.29) is 36.1 Å². The molecule has 1 aliphatic rings. The number of aromatic nitrogens is 2. The number of aryl methyl sites for hydroxylation is 2. The van der Waals surface area contributed by atoms with Gasteiger partial charge in [-0.2, -0.15) is 5.10 Å². The van der Waals surface area contributed by atoms with Crippen LogP contribution in [0.5, 0.6) is 0 Å². The second-order valence-electron chi connectivity index (χ2n) is 6.70. The Kier molecular flexibility index (Phi) is 6.98. The first-order chi connectivity index (χ1) is 12.5. The largest absolute Gasteiger partial charge is 0.352 e. The summed E-state index contributed by atoms with van der Waals surface area (Å²) in [5, 5.41) is 13.3. The van der Waals surface area contributed by atoms with E-state index >= 15 is 0 Å². The lowest BCUT2D eigenvalue weighted by Crippen LogP contribution is -2.28. The van der Waals surface area contributed by atoms with Crippen molar-refractivity contribution in [2.75, 3.05) is 25.0 Å². The van der Waals surface area contributed by atoms with Gasteiger partial charge in [0.1, 0.15) is 0 Å². The predicted molar refractivity (Wildman–Crippen MR) is 107 cm³/mol. The average Bonchev–Trinajstić information content (AvgIpc) is 3.25. The molecule has 8 heteroatoms. The number of carbonyl (C=O) groups is 2. The lowest BCUT2D eigenvalue weighted by Gasteiger charge is -2.18. The van der Waals surface area contributed by atoms with Crippen molar-refractivity contribution in [2.45, 2.75) is 19.8 Å². The van der Waals surface area contributed by atoms with Crippen molar-refractivity contribution in [3.8, 4) is 0 Å². The maximum atomic E-state index is 12.8. The van der Waals surface area contributed by atoms with Gasteiger partial charge in [-0.15, -0.1) is 12.4 Å². The lowest BCUT2D eigenvalue weighted by atomic mass is 9.90. The van der Waals surface area contributed by atoms with Crippen LogP contribution < -0.4 is 16.0 Å². The Bertz CT molecular complexity index is 820. The Balaban J connectivity index is 0.00000261. The Labute approximate surface area is 165 Å². The molecule has 1 fully saturated rings. The van der Waals surface area contributed by atoms with Crippen LogP contribution in [0.3, 0.4) is 0 Å². The predicted octanol–water partition coefficient (Wildman–Crippen LogP) is 1.84. The molecule has 7 nitrogen and oxygen atoms in total. The third-order valence-corrected chi connectivity index (χ3v) is 4.79. The molecule has 27 heavy (non-hydrogen) atoms. The molecule has 1 aromatic heterocycles. The van der Waals surface area contributed by atoms with Gasteiger partial charge < -0.3 is 16.0 Å². The summed E-state index contributed by atoms with van der Waals surface area (Å²) in [6.45, 7) is 5.76. The van der Waals surface area contributed by atoms with Gasteiger partial charge in [-0.05, 0) is 43.2 Å². The molecule has 3 N–H and O–H groups in total. The Morgan fingerprint density at radius 3 is 2.74 bits per heavy atom. The van der Waals surface area contributed by atoms with Gasteiger partial charge >= 0.3 is 0 Å². The molecule has 0 spiro atoms. The molecule has 0 aliphatic carbocycles. The number of carbonyl (C=O) groups excluding carboxylic acids is 2. The van der Waals surface area contributed by atoms with Gasteiger partial charge in [0.25, 0.3) is 5.91 Å². The maximum absolute atomic E-state index is 12.8. The zero-order valence-electron chi connectivity index (χ0n) is 15.8. The minimum atomic E-state index is -0.151. The number of amides is 2. The number of hydrogen-bond donors (Lipinski definition) is 3. The van der Waals surface area contributed by atoms with Crippen LogP contribution in [0.2, 0.25) is 0 Å². The molecule has 0 bridgehead atoms. The second-order valence-corrected chi connectivity index (χ2v) is 6.70. The summed E-state index contributed by atoms with van der Waals surface area (Å²) in [5.74, 6) is -0.164. The van der Waals surface area contributed by atoms with Crippen molar-refractivity contribution in [2.24, 2.45) is 13.0 Å².